The van der Waals surface area contributed by atoms with Gasteiger partial charge in [-0.2, -0.15) is 5.10 Å². The number of fused-ring (bicyclic) bond motifs is 1. The van der Waals surface area contributed by atoms with Crippen LogP contribution in [0, 0.1) is 0 Å². The van der Waals surface area contributed by atoms with Crippen molar-refractivity contribution in [3.05, 3.63) is 47.3 Å². The highest BCUT2D eigenvalue weighted by Gasteiger charge is 2.23. The van der Waals surface area contributed by atoms with Gasteiger partial charge in [-0.05, 0) is 30.7 Å². The van der Waals surface area contributed by atoms with Crippen LogP contribution in [0.4, 0.5) is 0 Å². The van der Waals surface area contributed by atoms with E-state index in [-0.39, 0.29) is 12.3 Å². The second-order valence-corrected chi connectivity index (χ2v) is 7.08. The summed E-state index contributed by atoms with van der Waals surface area (Å²) in [6.45, 7) is 5.90. The van der Waals surface area contributed by atoms with Gasteiger partial charge < -0.3 is 14.7 Å². The smallest absolute Gasteiger partial charge is 0.225 e. The lowest BCUT2D eigenvalue weighted by atomic mass is 10.1. The predicted octanol–water partition coefficient (Wildman–Crippen LogP) is 1.81. The van der Waals surface area contributed by atoms with Gasteiger partial charge in [-0.3, -0.25) is 14.4 Å². The van der Waals surface area contributed by atoms with E-state index in [4.69, 9.17) is 4.74 Å². The van der Waals surface area contributed by atoms with Gasteiger partial charge in [0.05, 0.1) is 31.0 Å². The lowest BCUT2D eigenvalue weighted by molar-refractivity contribution is -0.130. The number of rotatable bonds is 7. The Morgan fingerprint density at radius 1 is 1.33 bits per heavy atom. The van der Waals surface area contributed by atoms with E-state index in [0.717, 1.165) is 37.6 Å². The average Bonchev–Trinajstić information content (AvgIpc) is 3.05. The molecule has 0 unspecified atom stereocenters. The molecule has 1 amide bonds. The average molecular weight is 372 g/mol. The van der Waals surface area contributed by atoms with Crippen molar-refractivity contribution in [1.29, 1.82) is 0 Å². The molecule has 0 fully saturated rings. The van der Waals surface area contributed by atoms with Gasteiger partial charge in [0.15, 0.2) is 0 Å². The number of hydrogen-bond acceptors (Lipinski definition) is 5. The lowest BCUT2D eigenvalue weighted by Gasteiger charge is -2.27. The van der Waals surface area contributed by atoms with E-state index in [1.54, 1.807) is 14.1 Å². The Bertz CT molecular complexity index is 787. The third kappa shape index (κ3) is 4.87. The molecule has 0 saturated carbocycles. The van der Waals surface area contributed by atoms with Crippen molar-refractivity contribution in [2.45, 2.75) is 39.1 Å². The molecule has 1 N–H and O–H groups in total. The minimum atomic E-state index is -0.866. The Kier molecular flexibility index (Phi) is 6.13. The van der Waals surface area contributed by atoms with Crippen LogP contribution in [-0.4, -0.2) is 57.8 Å². The number of hydrogen-bond donors (Lipinski definition) is 1. The highest BCUT2D eigenvalue weighted by atomic mass is 16.5. The first-order valence-electron chi connectivity index (χ1n) is 9.35. The molecule has 3 rings (SSSR count). The van der Waals surface area contributed by atoms with Gasteiger partial charge in [0.2, 0.25) is 5.91 Å². The van der Waals surface area contributed by atoms with E-state index in [0.29, 0.717) is 12.3 Å². The van der Waals surface area contributed by atoms with E-state index in [2.05, 4.69) is 22.1 Å². The number of aromatic nitrogens is 2. The fraction of sp³-hybridized carbons (Fsp3) is 0.500. The van der Waals surface area contributed by atoms with Crippen molar-refractivity contribution in [2.75, 3.05) is 27.2 Å². The first kappa shape index (κ1) is 19.4. The summed E-state index contributed by atoms with van der Waals surface area (Å²) >= 11 is 0. The number of benzene rings is 1. The third-order valence-corrected chi connectivity index (χ3v) is 4.72. The van der Waals surface area contributed by atoms with Gasteiger partial charge in [-0.1, -0.05) is 12.1 Å². The van der Waals surface area contributed by atoms with Gasteiger partial charge >= 0.3 is 0 Å². The lowest BCUT2D eigenvalue weighted by Crippen LogP contribution is -2.33. The van der Waals surface area contributed by atoms with E-state index in [9.17, 15) is 9.90 Å². The summed E-state index contributed by atoms with van der Waals surface area (Å²) in [5, 5.41) is 14.8. The fourth-order valence-electron chi connectivity index (χ4n) is 3.25. The molecule has 1 aliphatic heterocycles. The summed E-state index contributed by atoms with van der Waals surface area (Å²) in [6.07, 6.45) is -0.813. The van der Waals surface area contributed by atoms with Crippen molar-refractivity contribution in [1.82, 2.24) is 19.6 Å². The highest BCUT2D eigenvalue weighted by molar-refractivity contribution is 5.76. The Morgan fingerprint density at radius 2 is 2.15 bits per heavy atom. The number of carbonyl (C=O) groups excluding carboxylic acids is 1. The summed E-state index contributed by atoms with van der Waals surface area (Å²) in [4.78, 5) is 15.6. The van der Waals surface area contributed by atoms with Crippen LogP contribution in [0.15, 0.2) is 30.3 Å². The van der Waals surface area contributed by atoms with Gasteiger partial charge in [0.25, 0.3) is 0 Å². The van der Waals surface area contributed by atoms with Crippen LogP contribution in [-0.2, 0) is 24.4 Å². The van der Waals surface area contributed by atoms with Gasteiger partial charge in [-0.25, -0.2) is 0 Å². The van der Waals surface area contributed by atoms with Crippen LogP contribution in [0.5, 0.6) is 5.75 Å². The maximum atomic E-state index is 11.8. The molecule has 2 aromatic rings. The first-order valence-corrected chi connectivity index (χ1v) is 9.35. The topological polar surface area (TPSA) is 70.8 Å². The van der Waals surface area contributed by atoms with E-state index in [1.807, 2.05) is 29.8 Å². The van der Waals surface area contributed by atoms with Crippen LogP contribution in [0.2, 0.25) is 0 Å². The fourth-order valence-corrected chi connectivity index (χ4v) is 3.25. The molecule has 27 heavy (non-hydrogen) atoms. The molecule has 1 atom stereocenters. The molecule has 0 saturated heterocycles. The molecule has 146 valence electrons. The van der Waals surface area contributed by atoms with Crippen molar-refractivity contribution >= 4 is 5.91 Å². The second kappa shape index (κ2) is 8.54. The zero-order chi connectivity index (χ0) is 19.4. The number of nitrogens with zero attached hydrogens (tertiary/aromatic N) is 4. The van der Waals surface area contributed by atoms with Crippen LogP contribution in [0.1, 0.15) is 36.4 Å². The monoisotopic (exact) mass is 372 g/mol. The normalized spacial score (nSPS) is 15.3. The van der Waals surface area contributed by atoms with Gasteiger partial charge in [0.1, 0.15) is 11.9 Å². The maximum absolute atomic E-state index is 11.8. The zero-order valence-corrected chi connectivity index (χ0v) is 16.3. The number of amides is 1. The summed E-state index contributed by atoms with van der Waals surface area (Å²) < 4.78 is 7.51. The molecular weight excluding hydrogens is 344 g/mol. The minimum absolute atomic E-state index is 0.0530. The molecular formula is C20H28N4O3. The van der Waals surface area contributed by atoms with E-state index < -0.39 is 6.10 Å². The minimum Gasteiger partial charge on any atom is -0.494 e. The van der Waals surface area contributed by atoms with Crippen LogP contribution < -0.4 is 4.74 Å². The van der Waals surface area contributed by atoms with Gasteiger partial charge in [-0.15, -0.1) is 0 Å². The number of aliphatic hydroxyl groups excluding tert-OH is 1. The molecule has 1 aliphatic rings. The SMILES string of the molecule is CCOc1cccc(CN2CCn3nc([C@H](O)CC(=O)N(C)C)cc3C2)c1. The van der Waals surface area contributed by atoms with Crippen LogP contribution in [0.25, 0.3) is 0 Å². The van der Waals surface area contributed by atoms with Gasteiger partial charge in [0, 0.05) is 33.7 Å². The molecule has 0 bridgehead atoms. The number of carbonyl (C=O) groups is 1. The molecule has 0 spiro atoms. The summed E-state index contributed by atoms with van der Waals surface area (Å²) in [5.74, 6) is 0.789. The zero-order valence-electron chi connectivity index (χ0n) is 16.3. The molecule has 1 aromatic heterocycles. The second-order valence-electron chi connectivity index (χ2n) is 7.08. The summed E-state index contributed by atoms with van der Waals surface area (Å²) in [7, 11) is 3.37. The summed E-state index contributed by atoms with van der Waals surface area (Å²) in [6, 6.07) is 10.1. The third-order valence-electron chi connectivity index (χ3n) is 4.72. The van der Waals surface area contributed by atoms with Crippen molar-refractivity contribution < 1.29 is 14.6 Å². The number of aliphatic hydroxyl groups is 1. The molecule has 1 aromatic carbocycles. The molecule has 0 aliphatic carbocycles. The maximum Gasteiger partial charge on any atom is 0.225 e. The van der Waals surface area contributed by atoms with Crippen molar-refractivity contribution in [3.8, 4) is 5.75 Å². The standard InChI is InChI=1S/C20H28N4O3/c1-4-27-17-7-5-6-15(10-17)13-23-8-9-24-16(14-23)11-18(21-24)19(25)12-20(26)22(2)3/h5-7,10-11,19,25H,4,8-9,12-14H2,1-3H3/t19-/m1/s1. The first-order chi connectivity index (χ1) is 13.0. The Balaban J connectivity index is 1.64. The Morgan fingerprint density at radius 3 is 2.89 bits per heavy atom. The van der Waals surface area contributed by atoms with Crippen LogP contribution in [0.3, 0.4) is 0 Å². The molecule has 7 nitrogen and oxygen atoms in total. The van der Waals surface area contributed by atoms with Crippen LogP contribution >= 0.6 is 0 Å². The molecule has 2 heterocycles. The summed E-state index contributed by atoms with van der Waals surface area (Å²) in [5.41, 5.74) is 2.85. The van der Waals surface area contributed by atoms with Crippen molar-refractivity contribution in [3.63, 3.8) is 0 Å². The predicted molar refractivity (Wildman–Crippen MR) is 102 cm³/mol. The largest absolute Gasteiger partial charge is 0.494 e. The highest BCUT2D eigenvalue weighted by Crippen LogP contribution is 2.22. The van der Waals surface area contributed by atoms with E-state index in [1.165, 1.54) is 10.5 Å². The Labute approximate surface area is 160 Å². The Hall–Kier alpha value is -2.38. The van der Waals surface area contributed by atoms with Crippen molar-refractivity contribution in [2.24, 2.45) is 0 Å². The quantitative estimate of drug-likeness (QED) is 0.803. The molecule has 7 heteroatoms. The van der Waals surface area contributed by atoms with E-state index >= 15 is 0 Å². The number of ether oxygens (including phenoxy) is 1. The molecule has 0 radical (unpaired) electrons.